The SMILES string of the molecule is Cc1cc(C)n(CCSc2ccccc2)c(=O)n1. The standard InChI is InChI=1S/C14H16N2OS/c1-11-10-12(2)16(14(17)15-11)8-9-18-13-6-4-3-5-7-13/h3-7,10H,8-9H2,1-2H3. The Morgan fingerprint density at radius 2 is 1.94 bits per heavy atom. The lowest BCUT2D eigenvalue weighted by Crippen LogP contribution is -2.26. The van der Waals surface area contributed by atoms with Gasteiger partial charge in [-0.05, 0) is 32.0 Å². The van der Waals surface area contributed by atoms with E-state index in [0.29, 0.717) is 6.54 Å². The summed E-state index contributed by atoms with van der Waals surface area (Å²) in [6.45, 7) is 4.48. The summed E-state index contributed by atoms with van der Waals surface area (Å²) in [5, 5.41) is 0. The lowest BCUT2D eigenvalue weighted by molar-refractivity contribution is 0.675. The van der Waals surface area contributed by atoms with Crippen LogP contribution in [0, 0.1) is 13.8 Å². The van der Waals surface area contributed by atoms with Gasteiger partial charge in [0.25, 0.3) is 0 Å². The van der Waals surface area contributed by atoms with Crippen LogP contribution in [0.3, 0.4) is 0 Å². The van der Waals surface area contributed by atoms with Gasteiger partial charge in [0.15, 0.2) is 0 Å². The molecule has 0 aliphatic heterocycles. The topological polar surface area (TPSA) is 34.9 Å². The molecule has 0 amide bonds. The second-order valence-corrected chi connectivity index (χ2v) is 5.30. The van der Waals surface area contributed by atoms with Crippen molar-refractivity contribution >= 4 is 11.8 Å². The first-order chi connectivity index (χ1) is 8.66. The van der Waals surface area contributed by atoms with Crippen molar-refractivity contribution in [2.45, 2.75) is 25.3 Å². The van der Waals surface area contributed by atoms with Crippen LogP contribution in [0.25, 0.3) is 0 Å². The number of aryl methyl sites for hydroxylation is 2. The van der Waals surface area contributed by atoms with Gasteiger partial charge in [0.2, 0.25) is 0 Å². The second-order valence-electron chi connectivity index (χ2n) is 4.13. The average molecular weight is 260 g/mol. The van der Waals surface area contributed by atoms with Gasteiger partial charge >= 0.3 is 5.69 Å². The van der Waals surface area contributed by atoms with Crippen molar-refractivity contribution in [2.75, 3.05) is 5.75 Å². The predicted molar refractivity (Wildman–Crippen MR) is 75.1 cm³/mol. The summed E-state index contributed by atoms with van der Waals surface area (Å²) in [5.74, 6) is 0.871. The Balaban J connectivity index is 2.01. The highest BCUT2D eigenvalue weighted by molar-refractivity contribution is 7.99. The monoisotopic (exact) mass is 260 g/mol. The minimum atomic E-state index is -0.152. The van der Waals surface area contributed by atoms with Crippen LogP contribution >= 0.6 is 11.8 Å². The first-order valence-electron chi connectivity index (χ1n) is 5.90. The van der Waals surface area contributed by atoms with Crippen LogP contribution in [-0.2, 0) is 6.54 Å². The normalized spacial score (nSPS) is 10.6. The minimum absolute atomic E-state index is 0.152. The fraction of sp³-hybridized carbons (Fsp3) is 0.286. The number of hydrogen-bond acceptors (Lipinski definition) is 3. The van der Waals surface area contributed by atoms with Gasteiger partial charge in [0.1, 0.15) is 0 Å². The van der Waals surface area contributed by atoms with E-state index in [9.17, 15) is 4.79 Å². The van der Waals surface area contributed by atoms with Crippen LogP contribution in [0.2, 0.25) is 0 Å². The molecule has 18 heavy (non-hydrogen) atoms. The van der Waals surface area contributed by atoms with Gasteiger partial charge in [-0.25, -0.2) is 4.79 Å². The molecule has 4 heteroatoms. The Labute approximate surface area is 111 Å². The van der Waals surface area contributed by atoms with Gasteiger partial charge < -0.3 is 0 Å². The molecule has 0 unspecified atom stereocenters. The maximum absolute atomic E-state index is 11.7. The fourth-order valence-electron chi connectivity index (χ4n) is 1.82. The van der Waals surface area contributed by atoms with Gasteiger partial charge in [-0.3, -0.25) is 4.57 Å². The van der Waals surface area contributed by atoms with Crippen molar-refractivity contribution in [1.82, 2.24) is 9.55 Å². The number of nitrogens with zero attached hydrogens (tertiary/aromatic N) is 2. The van der Waals surface area contributed by atoms with Gasteiger partial charge in [0, 0.05) is 28.6 Å². The molecule has 2 rings (SSSR count). The molecule has 0 aliphatic carbocycles. The molecule has 0 radical (unpaired) electrons. The first-order valence-corrected chi connectivity index (χ1v) is 6.88. The Hall–Kier alpha value is -1.55. The first kappa shape index (κ1) is 12.9. The Morgan fingerprint density at radius 3 is 2.61 bits per heavy atom. The van der Waals surface area contributed by atoms with E-state index >= 15 is 0 Å². The number of hydrogen-bond donors (Lipinski definition) is 0. The molecule has 3 nitrogen and oxygen atoms in total. The highest BCUT2D eigenvalue weighted by Crippen LogP contribution is 2.16. The quantitative estimate of drug-likeness (QED) is 0.793. The second kappa shape index (κ2) is 5.87. The Kier molecular flexibility index (Phi) is 4.20. The summed E-state index contributed by atoms with van der Waals surface area (Å²) >= 11 is 1.75. The third-order valence-corrected chi connectivity index (χ3v) is 3.67. The van der Waals surface area contributed by atoms with Gasteiger partial charge in [-0.1, -0.05) is 18.2 Å². The molecule has 1 aromatic heterocycles. The minimum Gasteiger partial charge on any atom is -0.296 e. The highest BCUT2D eigenvalue weighted by Gasteiger charge is 2.02. The smallest absolute Gasteiger partial charge is 0.296 e. The molecule has 0 saturated heterocycles. The van der Waals surface area contributed by atoms with Crippen molar-refractivity contribution in [2.24, 2.45) is 0 Å². The van der Waals surface area contributed by atoms with Crippen LogP contribution in [0.5, 0.6) is 0 Å². The zero-order chi connectivity index (χ0) is 13.0. The number of benzene rings is 1. The molecule has 0 fully saturated rings. The van der Waals surface area contributed by atoms with Crippen LogP contribution in [0.15, 0.2) is 46.1 Å². The zero-order valence-corrected chi connectivity index (χ0v) is 11.4. The zero-order valence-electron chi connectivity index (χ0n) is 10.6. The van der Waals surface area contributed by atoms with Gasteiger partial charge in [-0.2, -0.15) is 4.98 Å². The van der Waals surface area contributed by atoms with E-state index < -0.39 is 0 Å². The van der Waals surface area contributed by atoms with E-state index in [1.807, 2.05) is 38.1 Å². The molecule has 0 atom stereocenters. The van der Waals surface area contributed by atoms with Crippen LogP contribution in [0.1, 0.15) is 11.4 Å². The predicted octanol–water partition coefficient (Wildman–Crippen LogP) is 2.65. The Bertz CT molecular complexity index is 578. The van der Waals surface area contributed by atoms with Gasteiger partial charge in [-0.15, -0.1) is 11.8 Å². The van der Waals surface area contributed by atoms with E-state index in [1.54, 1.807) is 16.3 Å². The lowest BCUT2D eigenvalue weighted by Gasteiger charge is -2.09. The third kappa shape index (κ3) is 3.23. The number of thioether (sulfide) groups is 1. The summed E-state index contributed by atoms with van der Waals surface area (Å²) in [6.07, 6.45) is 0. The molecular weight excluding hydrogens is 244 g/mol. The van der Waals surface area contributed by atoms with E-state index in [0.717, 1.165) is 17.1 Å². The molecule has 1 heterocycles. The van der Waals surface area contributed by atoms with Crippen LogP contribution in [0.4, 0.5) is 0 Å². The van der Waals surface area contributed by atoms with Crippen molar-refractivity contribution in [3.8, 4) is 0 Å². The Morgan fingerprint density at radius 1 is 1.22 bits per heavy atom. The molecule has 0 saturated carbocycles. The van der Waals surface area contributed by atoms with Crippen LogP contribution in [-0.4, -0.2) is 15.3 Å². The summed E-state index contributed by atoms with van der Waals surface area (Å²) in [6, 6.07) is 12.1. The molecule has 0 N–H and O–H groups in total. The summed E-state index contributed by atoms with van der Waals surface area (Å²) < 4.78 is 1.73. The third-order valence-electron chi connectivity index (χ3n) is 2.67. The van der Waals surface area contributed by atoms with E-state index in [4.69, 9.17) is 0 Å². The van der Waals surface area contributed by atoms with E-state index in [2.05, 4.69) is 17.1 Å². The van der Waals surface area contributed by atoms with E-state index in [-0.39, 0.29) is 5.69 Å². The summed E-state index contributed by atoms with van der Waals surface area (Å²) in [5.41, 5.74) is 1.60. The molecule has 1 aromatic carbocycles. The summed E-state index contributed by atoms with van der Waals surface area (Å²) in [7, 11) is 0. The van der Waals surface area contributed by atoms with E-state index in [1.165, 1.54) is 4.90 Å². The molecule has 0 bridgehead atoms. The maximum Gasteiger partial charge on any atom is 0.347 e. The molecule has 0 spiro atoms. The highest BCUT2D eigenvalue weighted by atomic mass is 32.2. The van der Waals surface area contributed by atoms with Gasteiger partial charge in [0.05, 0.1) is 0 Å². The summed E-state index contributed by atoms with van der Waals surface area (Å²) in [4.78, 5) is 16.9. The number of rotatable bonds is 4. The molecule has 2 aromatic rings. The molecule has 94 valence electrons. The van der Waals surface area contributed by atoms with Crippen molar-refractivity contribution in [3.63, 3.8) is 0 Å². The molecular formula is C14H16N2OS. The fourth-order valence-corrected chi connectivity index (χ4v) is 2.68. The van der Waals surface area contributed by atoms with Crippen molar-refractivity contribution in [1.29, 1.82) is 0 Å². The van der Waals surface area contributed by atoms with Crippen molar-refractivity contribution < 1.29 is 0 Å². The largest absolute Gasteiger partial charge is 0.347 e. The van der Waals surface area contributed by atoms with Crippen molar-refractivity contribution in [3.05, 3.63) is 58.3 Å². The molecule has 0 aliphatic rings. The average Bonchev–Trinajstić information content (AvgIpc) is 2.34. The van der Waals surface area contributed by atoms with Crippen LogP contribution < -0.4 is 5.69 Å². The maximum atomic E-state index is 11.7. The lowest BCUT2D eigenvalue weighted by atomic mass is 10.3. The number of aromatic nitrogens is 2.